The molecule has 74 valence electrons. The fourth-order valence-corrected chi connectivity index (χ4v) is 1.12. The van der Waals surface area contributed by atoms with E-state index in [4.69, 9.17) is 0 Å². The number of nitrogens with zero attached hydrogens (tertiary/aromatic N) is 2. The molecule has 0 atom stereocenters. The van der Waals surface area contributed by atoms with Crippen molar-refractivity contribution in [3.8, 4) is 0 Å². The van der Waals surface area contributed by atoms with Crippen LogP contribution < -0.4 is 0 Å². The molecule has 6 heteroatoms. The lowest BCUT2D eigenvalue weighted by Crippen LogP contribution is -2.26. The van der Waals surface area contributed by atoms with Crippen LogP contribution >= 0.6 is 28.3 Å². The van der Waals surface area contributed by atoms with Gasteiger partial charge in [0.05, 0.1) is 10.7 Å². The Kier molecular flexibility index (Phi) is 5.02. The van der Waals surface area contributed by atoms with E-state index < -0.39 is 0 Å². The number of carbonyl (C=O) groups is 1. The highest BCUT2D eigenvalue weighted by molar-refractivity contribution is 9.10. The van der Waals surface area contributed by atoms with Gasteiger partial charge in [0.15, 0.2) is 0 Å². The highest BCUT2D eigenvalue weighted by Gasteiger charge is 2.14. The summed E-state index contributed by atoms with van der Waals surface area (Å²) in [6.07, 6.45) is 1.57. The van der Waals surface area contributed by atoms with Gasteiger partial charge in [-0.05, 0) is 22.9 Å². The Labute approximate surface area is 91.2 Å². The van der Waals surface area contributed by atoms with Gasteiger partial charge in [-0.1, -0.05) is 0 Å². The van der Waals surface area contributed by atoms with Gasteiger partial charge in [-0.3, -0.25) is 9.89 Å². The Bertz CT molecular complexity index is 289. The van der Waals surface area contributed by atoms with Crippen LogP contribution in [0.4, 0.5) is 0 Å². The lowest BCUT2D eigenvalue weighted by Gasteiger charge is -2.12. The van der Waals surface area contributed by atoms with E-state index in [2.05, 4.69) is 26.1 Å². The van der Waals surface area contributed by atoms with Gasteiger partial charge in [-0.2, -0.15) is 5.10 Å². The molecular formula is C7H11BrClN3O. The predicted octanol–water partition coefficient (Wildman–Crippen LogP) is 1.69. The van der Waals surface area contributed by atoms with E-state index in [9.17, 15) is 4.79 Å². The number of rotatable bonds is 2. The number of aromatic amines is 1. The summed E-state index contributed by atoms with van der Waals surface area (Å²) in [6, 6.07) is 0. The third-order valence-corrected chi connectivity index (χ3v) is 2.23. The maximum absolute atomic E-state index is 11.5. The van der Waals surface area contributed by atoms with Crippen LogP contribution in [-0.4, -0.2) is 34.6 Å². The summed E-state index contributed by atoms with van der Waals surface area (Å²) in [5, 5.41) is 6.37. The minimum Gasteiger partial charge on any atom is -0.341 e. The van der Waals surface area contributed by atoms with Crippen molar-refractivity contribution in [1.82, 2.24) is 15.1 Å². The summed E-state index contributed by atoms with van der Waals surface area (Å²) in [6.45, 7) is 2.60. The van der Waals surface area contributed by atoms with Crippen LogP contribution in [0, 0.1) is 0 Å². The molecule has 0 spiro atoms. The molecule has 1 amide bonds. The SMILES string of the molecule is CCN(C)C(=O)c1[nH]ncc1Br.Cl. The van der Waals surface area contributed by atoms with Crippen molar-refractivity contribution < 1.29 is 4.79 Å². The maximum atomic E-state index is 11.5. The van der Waals surface area contributed by atoms with Gasteiger partial charge in [0.25, 0.3) is 5.91 Å². The highest BCUT2D eigenvalue weighted by atomic mass is 79.9. The minimum atomic E-state index is -0.0538. The monoisotopic (exact) mass is 267 g/mol. The molecule has 1 aromatic heterocycles. The van der Waals surface area contributed by atoms with Crippen molar-refractivity contribution in [2.75, 3.05) is 13.6 Å². The predicted molar refractivity (Wildman–Crippen MR) is 56.2 cm³/mol. The molecule has 1 rings (SSSR count). The average molecular weight is 269 g/mol. The molecule has 0 fully saturated rings. The first kappa shape index (κ1) is 12.4. The van der Waals surface area contributed by atoms with E-state index in [0.717, 1.165) is 0 Å². The molecule has 0 unspecified atom stereocenters. The summed E-state index contributed by atoms with van der Waals surface area (Å²) >= 11 is 3.22. The number of hydrogen-bond acceptors (Lipinski definition) is 2. The molecular weight excluding hydrogens is 257 g/mol. The fourth-order valence-electron chi connectivity index (χ4n) is 0.756. The minimum absolute atomic E-state index is 0. The van der Waals surface area contributed by atoms with Crippen LogP contribution in [0.15, 0.2) is 10.7 Å². The maximum Gasteiger partial charge on any atom is 0.272 e. The van der Waals surface area contributed by atoms with Crippen LogP contribution in [0.5, 0.6) is 0 Å². The van der Waals surface area contributed by atoms with E-state index in [1.54, 1.807) is 18.1 Å². The first-order valence-corrected chi connectivity index (χ1v) is 4.40. The molecule has 1 heterocycles. The second-order valence-corrected chi connectivity index (χ2v) is 3.27. The molecule has 0 aliphatic carbocycles. The van der Waals surface area contributed by atoms with Gasteiger partial charge in [-0.25, -0.2) is 0 Å². The Balaban J connectivity index is 0.00000144. The van der Waals surface area contributed by atoms with Gasteiger partial charge >= 0.3 is 0 Å². The van der Waals surface area contributed by atoms with E-state index in [-0.39, 0.29) is 18.3 Å². The van der Waals surface area contributed by atoms with Gasteiger partial charge < -0.3 is 4.90 Å². The zero-order valence-corrected chi connectivity index (χ0v) is 9.78. The zero-order valence-electron chi connectivity index (χ0n) is 7.37. The topological polar surface area (TPSA) is 49.0 Å². The van der Waals surface area contributed by atoms with E-state index >= 15 is 0 Å². The van der Waals surface area contributed by atoms with Crippen LogP contribution in [0.25, 0.3) is 0 Å². The van der Waals surface area contributed by atoms with Crippen molar-refractivity contribution in [2.24, 2.45) is 0 Å². The number of nitrogens with one attached hydrogen (secondary N) is 1. The lowest BCUT2D eigenvalue weighted by atomic mass is 10.4. The standard InChI is InChI=1S/C7H10BrN3O.ClH/c1-3-11(2)7(12)6-5(8)4-9-10-6;/h4H,3H2,1-2H3,(H,9,10);1H. The third-order valence-electron chi connectivity index (χ3n) is 1.63. The number of H-pyrrole nitrogens is 1. The molecule has 0 radical (unpaired) electrons. The van der Waals surface area contributed by atoms with Crippen LogP contribution in [0.2, 0.25) is 0 Å². The van der Waals surface area contributed by atoms with E-state index in [1.165, 1.54) is 0 Å². The van der Waals surface area contributed by atoms with Crippen molar-refractivity contribution in [3.63, 3.8) is 0 Å². The molecule has 13 heavy (non-hydrogen) atoms. The molecule has 1 aromatic rings. The summed E-state index contributed by atoms with van der Waals surface area (Å²) < 4.78 is 0.702. The second-order valence-electron chi connectivity index (χ2n) is 2.41. The van der Waals surface area contributed by atoms with Crippen LogP contribution in [0.3, 0.4) is 0 Å². The number of hydrogen-bond donors (Lipinski definition) is 1. The number of amides is 1. The largest absolute Gasteiger partial charge is 0.341 e. The van der Waals surface area contributed by atoms with Crippen molar-refractivity contribution in [1.29, 1.82) is 0 Å². The van der Waals surface area contributed by atoms with E-state index in [1.807, 2.05) is 6.92 Å². The van der Waals surface area contributed by atoms with Gasteiger partial charge in [0.2, 0.25) is 0 Å². The Morgan fingerprint density at radius 3 is 2.77 bits per heavy atom. The third kappa shape index (κ3) is 2.70. The summed E-state index contributed by atoms with van der Waals surface area (Å²) in [5.41, 5.74) is 0.499. The lowest BCUT2D eigenvalue weighted by molar-refractivity contribution is 0.0796. The normalized spacial score (nSPS) is 9.15. The molecule has 0 saturated carbocycles. The Morgan fingerprint density at radius 2 is 2.38 bits per heavy atom. The van der Waals surface area contributed by atoms with Crippen molar-refractivity contribution >= 4 is 34.2 Å². The fraction of sp³-hybridized carbons (Fsp3) is 0.429. The molecule has 0 aliphatic rings. The van der Waals surface area contributed by atoms with Gasteiger partial charge in [0.1, 0.15) is 5.69 Å². The second kappa shape index (κ2) is 5.24. The molecule has 1 N–H and O–H groups in total. The molecule has 4 nitrogen and oxygen atoms in total. The van der Waals surface area contributed by atoms with Crippen molar-refractivity contribution in [2.45, 2.75) is 6.92 Å². The molecule has 0 saturated heterocycles. The van der Waals surface area contributed by atoms with Gasteiger partial charge in [-0.15, -0.1) is 12.4 Å². The number of carbonyl (C=O) groups excluding carboxylic acids is 1. The molecule has 0 bridgehead atoms. The average Bonchev–Trinajstić information content (AvgIpc) is 2.48. The van der Waals surface area contributed by atoms with Crippen molar-refractivity contribution in [3.05, 3.63) is 16.4 Å². The first-order valence-electron chi connectivity index (χ1n) is 3.61. The molecule has 0 aromatic carbocycles. The smallest absolute Gasteiger partial charge is 0.272 e. The number of aromatic nitrogens is 2. The first-order chi connectivity index (χ1) is 5.66. The highest BCUT2D eigenvalue weighted by Crippen LogP contribution is 2.13. The number of halogens is 2. The van der Waals surface area contributed by atoms with E-state index in [0.29, 0.717) is 16.7 Å². The summed E-state index contributed by atoms with van der Waals surface area (Å²) in [5.74, 6) is -0.0538. The Morgan fingerprint density at radius 1 is 1.77 bits per heavy atom. The summed E-state index contributed by atoms with van der Waals surface area (Å²) in [4.78, 5) is 13.1. The molecule has 0 aliphatic heterocycles. The van der Waals surface area contributed by atoms with Gasteiger partial charge in [0, 0.05) is 13.6 Å². The zero-order chi connectivity index (χ0) is 9.14. The van der Waals surface area contributed by atoms with Crippen LogP contribution in [-0.2, 0) is 0 Å². The summed E-state index contributed by atoms with van der Waals surface area (Å²) in [7, 11) is 1.75. The quantitative estimate of drug-likeness (QED) is 0.887. The Hall–Kier alpha value is -0.550. The van der Waals surface area contributed by atoms with Crippen LogP contribution in [0.1, 0.15) is 17.4 Å².